The molecule has 4 heteroatoms. The van der Waals surface area contributed by atoms with Crippen molar-refractivity contribution in [3.05, 3.63) is 47.5 Å². The van der Waals surface area contributed by atoms with E-state index in [1.807, 2.05) is 0 Å². The van der Waals surface area contributed by atoms with E-state index in [4.69, 9.17) is 15.9 Å². The van der Waals surface area contributed by atoms with Gasteiger partial charge in [-0.15, -0.1) is 6.42 Å². The molecule has 1 aliphatic heterocycles. The first kappa shape index (κ1) is 11.5. The molecule has 0 amide bonds. The van der Waals surface area contributed by atoms with Crippen molar-refractivity contribution in [1.82, 2.24) is 0 Å². The smallest absolute Gasteiger partial charge is 0.231 e. The Balaban J connectivity index is 2.25. The SMILES string of the molecule is C#Cc1cc2c(cc1-c1cc(F)ccc1F)OCO2. The van der Waals surface area contributed by atoms with Crippen LogP contribution < -0.4 is 9.47 Å². The monoisotopic (exact) mass is 258 g/mol. The second-order valence-electron chi connectivity index (χ2n) is 4.02. The van der Waals surface area contributed by atoms with Crippen molar-refractivity contribution < 1.29 is 18.3 Å². The maximum atomic E-state index is 13.8. The molecule has 0 N–H and O–H groups in total. The number of halogens is 2. The first-order valence-electron chi connectivity index (χ1n) is 5.54. The van der Waals surface area contributed by atoms with Crippen LogP contribution >= 0.6 is 0 Å². The first-order chi connectivity index (χ1) is 9.19. The molecule has 2 aromatic rings. The first-order valence-corrected chi connectivity index (χ1v) is 5.54. The third-order valence-corrected chi connectivity index (χ3v) is 2.89. The van der Waals surface area contributed by atoms with Gasteiger partial charge in [-0.25, -0.2) is 8.78 Å². The molecule has 0 spiro atoms. The highest BCUT2D eigenvalue weighted by molar-refractivity contribution is 5.75. The van der Waals surface area contributed by atoms with Gasteiger partial charge in [0.15, 0.2) is 11.5 Å². The Kier molecular flexibility index (Phi) is 2.60. The molecule has 0 unspecified atom stereocenters. The summed E-state index contributed by atoms with van der Waals surface area (Å²) in [5, 5.41) is 0. The Morgan fingerprint density at radius 2 is 1.74 bits per heavy atom. The summed E-state index contributed by atoms with van der Waals surface area (Å²) in [6.07, 6.45) is 5.41. The van der Waals surface area contributed by atoms with Gasteiger partial charge >= 0.3 is 0 Å². The van der Waals surface area contributed by atoms with Crippen molar-refractivity contribution in [2.24, 2.45) is 0 Å². The van der Waals surface area contributed by atoms with Crippen molar-refractivity contribution in [2.45, 2.75) is 0 Å². The quantitative estimate of drug-likeness (QED) is 0.730. The molecule has 94 valence electrons. The molecule has 0 saturated carbocycles. The van der Waals surface area contributed by atoms with Crippen molar-refractivity contribution in [3.63, 3.8) is 0 Å². The zero-order chi connectivity index (χ0) is 13.4. The van der Waals surface area contributed by atoms with E-state index in [-0.39, 0.29) is 12.4 Å². The summed E-state index contributed by atoms with van der Waals surface area (Å²) in [6, 6.07) is 6.38. The summed E-state index contributed by atoms with van der Waals surface area (Å²) < 4.78 is 37.5. The standard InChI is InChI=1S/C15H8F2O2/c1-2-9-5-14-15(19-8-18-14)7-11(9)12-6-10(16)3-4-13(12)17/h1,3-7H,8H2. The van der Waals surface area contributed by atoms with E-state index in [0.29, 0.717) is 22.6 Å². The number of terminal acetylenes is 1. The highest BCUT2D eigenvalue weighted by Gasteiger charge is 2.19. The van der Waals surface area contributed by atoms with E-state index in [2.05, 4.69) is 5.92 Å². The molecule has 0 atom stereocenters. The van der Waals surface area contributed by atoms with Gasteiger partial charge in [0.1, 0.15) is 11.6 Å². The Morgan fingerprint density at radius 1 is 1.00 bits per heavy atom. The zero-order valence-electron chi connectivity index (χ0n) is 9.74. The van der Waals surface area contributed by atoms with Crippen LogP contribution in [0.5, 0.6) is 11.5 Å². The zero-order valence-corrected chi connectivity index (χ0v) is 9.74. The molecule has 0 bridgehead atoms. The fourth-order valence-corrected chi connectivity index (χ4v) is 1.99. The molecule has 2 aromatic carbocycles. The molecule has 19 heavy (non-hydrogen) atoms. The van der Waals surface area contributed by atoms with E-state index in [0.717, 1.165) is 18.2 Å². The molecule has 0 fully saturated rings. The lowest BCUT2D eigenvalue weighted by Crippen LogP contribution is -1.92. The van der Waals surface area contributed by atoms with Gasteiger partial charge in [0.2, 0.25) is 6.79 Å². The predicted molar refractivity (Wildman–Crippen MR) is 65.9 cm³/mol. The summed E-state index contributed by atoms with van der Waals surface area (Å²) in [5.41, 5.74) is 0.934. The lowest BCUT2D eigenvalue weighted by molar-refractivity contribution is 0.174. The Labute approximate surface area is 108 Å². The van der Waals surface area contributed by atoms with Crippen LogP contribution in [0.15, 0.2) is 30.3 Å². The number of benzene rings is 2. The maximum Gasteiger partial charge on any atom is 0.231 e. The minimum Gasteiger partial charge on any atom is -0.454 e. The average Bonchev–Trinajstić information content (AvgIpc) is 2.87. The van der Waals surface area contributed by atoms with Gasteiger partial charge in [0.05, 0.1) is 0 Å². The fraction of sp³-hybridized carbons (Fsp3) is 0.0667. The van der Waals surface area contributed by atoms with Crippen LogP contribution in [0.25, 0.3) is 11.1 Å². The molecule has 0 aromatic heterocycles. The second kappa shape index (κ2) is 4.29. The van der Waals surface area contributed by atoms with Crippen LogP contribution in [-0.4, -0.2) is 6.79 Å². The van der Waals surface area contributed by atoms with Crippen LogP contribution in [0, 0.1) is 24.0 Å². The third-order valence-electron chi connectivity index (χ3n) is 2.89. The van der Waals surface area contributed by atoms with Gasteiger partial charge in [-0.1, -0.05) is 5.92 Å². The molecule has 0 aliphatic carbocycles. The predicted octanol–water partition coefficient (Wildman–Crippen LogP) is 3.34. The number of fused-ring (bicyclic) bond motifs is 1. The normalized spacial score (nSPS) is 12.3. The molecule has 1 heterocycles. The molecular formula is C15H8F2O2. The van der Waals surface area contributed by atoms with Crippen molar-refractivity contribution in [3.8, 4) is 35.0 Å². The number of hydrogen-bond donors (Lipinski definition) is 0. The van der Waals surface area contributed by atoms with Gasteiger partial charge in [-0.2, -0.15) is 0 Å². The van der Waals surface area contributed by atoms with Crippen molar-refractivity contribution in [1.29, 1.82) is 0 Å². The average molecular weight is 258 g/mol. The number of rotatable bonds is 1. The second-order valence-corrected chi connectivity index (χ2v) is 4.02. The number of ether oxygens (including phenoxy) is 2. The van der Waals surface area contributed by atoms with E-state index in [1.54, 1.807) is 12.1 Å². The lowest BCUT2D eigenvalue weighted by Gasteiger charge is -2.08. The van der Waals surface area contributed by atoms with E-state index in [1.165, 1.54) is 0 Å². The summed E-state index contributed by atoms with van der Waals surface area (Å²) in [6.45, 7) is 0.0917. The molecule has 2 nitrogen and oxygen atoms in total. The Morgan fingerprint density at radius 3 is 2.47 bits per heavy atom. The van der Waals surface area contributed by atoms with Gasteiger partial charge in [0.25, 0.3) is 0 Å². The highest BCUT2D eigenvalue weighted by atomic mass is 19.1. The van der Waals surface area contributed by atoms with Crippen LogP contribution in [0.2, 0.25) is 0 Å². The van der Waals surface area contributed by atoms with Gasteiger partial charge in [-0.3, -0.25) is 0 Å². The Hall–Kier alpha value is -2.54. The van der Waals surface area contributed by atoms with Crippen LogP contribution in [0.3, 0.4) is 0 Å². The summed E-state index contributed by atoms with van der Waals surface area (Å²) in [7, 11) is 0. The minimum atomic E-state index is -0.545. The van der Waals surface area contributed by atoms with Gasteiger partial charge in [-0.05, 0) is 24.3 Å². The molecule has 0 radical (unpaired) electrons. The summed E-state index contributed by atoms with van der Waals surface area (Å²) >= 11 is 0. The van der Waals surface area contributed by atoms with E-state index >= 15 is 0 Å². The van der Waals surface area contributed by atoms with Crippen LogP contribution in [0.1, 0.15) is 5.56 Å². The van der Waals surface area contributed by atoms with Crippen LogP contribution in [0.4, 0.5) is 8.78 Å². The summed E-state index contributed by atoms with van der Waals surface area (Å²) in [5.74, 6) is 2.35. The van der Waals surface area contributed by atoms with Crippen molar-refractivity contribution in [2.75, 3.05) is 6.79 Å². The van der Waals surface area contributed by atoms with E-state index < -0.39 is 11.6 Å². The van der Waals surface area contributed by atoms with Crippen molar-refractivity contribution >= 4 is 0 Å². The maximum absolute atomic E-state index is 13.8. The Bertz CT molecular complexity index is 702. The fourth-order valence-electron chi connectivity index (χ4n) is 1.99. The molecule has 1 aliphatic rings. The molecule has 0 saturated heterocycles. The van der Waals surface area contributed by atoms with Crippen LogP contribution in [-0.2, 0) is 0 Å². The van der Waals surface area contributed by atoms with Gasteiger partial charge in [0, 0.05) is 22.8 Å². The molecular weight excluding hydrogens is 250 g/mol. The third kappa shape index (κ3) is 1.89. The lowest BCUT2D eigenvalue weighted by atomic mass is 9.98. The summed E-state index contributed by atoms with van der Waals surface area (Å²) in [4.78, 5) is 0. The number of hydrogen-bond acceptors (Lipinski definition) is 2. The minimum absolute atomic E-state index is 0.0917. The van der Waals surface area contributed by atoms with E-state index in [9.17, 15) is 8.78 Å². The largest absolute Gasteiger partial charge is 0.454 e. The topological polar surface area (TPSA) is 18.5 Å². The molecule has 3 rings (SSSR count). The highest BCUT2D eigenvalue weighted by Crippen LogP contribution is 2.39. The van der Waals surface area contributed by atoms with Gasteiger partial charge < -0.3 is 9.47 Å².